The molecule has 0 saturated carbocycles. The Kier molecular flexibility index (Phi) is 4.18. The molecule has 0 bridgehead atoms. The maximum atomic E-state index is 13.8. The van der Waals surface area contributed by atoms with Crippen LogP contribution in [0.15, 0.2) is 12.3 Å². The SMILES string of the molecule is CCN(CC1CCCN1)c1ncc(Cl)cc1F. The van der Waals surface area contributed by atoms with Crippen LogP contribution in [-0.2, 0) is 0 Å². The molecule has 94 valence electrons. The van der Waals surface area contributed by atoms with Crippen molar-refractivity contribution < 1.29 is 4.39 Å². The molecule has 17 heavy (non-hydrogen) atoms. The highest BCUT2D eigenvalue weighted by molar-refractivity contribution is 6.30. The lowest BCUT2D eigenvalue weighted by Crippen LogP contribution is -2.38. The molecule has 2 heterocycles. The lowest BCUT2D eigenvalue weighted by Gasteiger charge is -2.25. The zero-order chi connectivity index (χ0) is 12.3. The third-order valence-electron chi connectivity index (χ3n) is 3.07. The minimum atomic E-state index is -0.350. The molecule has 1 unspecified atom stereocenters. The fraction of sp³-hybridized carbons (Fsp3) is 0.583. The summed E-state index contributed by atoms with van der Waals surface area (Å²) in [4.78, 5) is 6.04. The first kappa shape index (κ1) is 12.6. The van der Waals surface area contributed by atoms with Gasteiger partial charge < -0.3 is 10.2 Å². The predicted molar refractivity (Wildman–Crippen MR) is 68.1 cm³/mol. The average molecular weight is 258 g/mol. The number of likely N-dealkylation sites (N-methyl/N-ethyl adjacent to an activating group) is 1. The lowest BCUT2D eigenvalue weighted by molar-refractivity contribution is 0.563. The van der Waals surface area contributed by atoms with Crippen LogP contribution in [0.5, 0.6) is 0 Å². The molecule has 3 nitrogen and oxygen atoms in total. The smallest absolute Gasteiger partial charge is 0.167 e. The van der Waals surface area contributed by atoms with Gasteiger partial charge in [-0.05, 0) is 32.4 Å². The normalized spacial score (nSPS) is 19.6. The van der Waals surface area contributed by atoms with Crippen LogP contribution in [0.2, 0.25) is 5.02 Å². The standard InChI is InChI=1S/C12H17ClFN3/c1-2-17(8-10-4-3-5-15-10)12-11(14)6-9(13)7-16-12/h6-7,10,15H,2-5,8H2,1H3. The van der Waals surface area contributed by atoms with Gasteiger partial charge >= 0.3 is 0 Å². The molecule has 0 aromatic carbocycles. The first-order chi connectivity index (χ1) is 8.20. The molecule has 1 atom stereocenters. The monoisotopic (exact) mass is 257 g/mol. The highest BCUT2D eigenvalue weighted by Gasteiger charge is 2.19. The van der Waals surface area contributed by atoms with Gasteiger partial charge in [-0.25, -0.2) is 9.37 Å². The van der Waals surface area contributed by atoms with E-state index in [-0.39, 0.29) is 5.82 Å². The van der Waals surface area contributed by atoms with Crippen molar-refractivity contribution in [1.82, 2.24) is 10.3 Å². The number of halogens is 2. The molecular weight excluding hydrogens is 241 g/mol. The summed E-state index contributed by atoms with van der Waals surface area (Å²) < 4.78 is 13.8. The summed E-state index contributed by atoms with van der Waals surface area (Å²) in [5.74, 6) is 0.0444. The van der Waals surface area contributed by atoms with E-state index < -0.39 is 0 Å². The minimum Gasteiger partial charge on any atom is -0.353 e. The second-order valence-electron chi connectivity index (χ2n) is 4.29. The number of rotatable bonds is 4. The van der Waals surface area contributed by atoms with Gasteiger partial charge in [0.15, 0.2) is 11.6 Å². The third kappa shape index (κ3) is 3.07. The van der Waals surface area contributed by atoms with Gasteiger partial charge in [-0.1, -0.05) is 11.6 Å². The van der Waals surface area contributed by atoms with Crippen LogP contribution < -0.4 is 10.2 Å². The maximum absolute atomic E-state index is 13.8. The van der Waals surface area contributed by atoms with Crippen LogP contribution in [0.25, 0.3) is 0 Å². The van der Waals surface area contributed by atoms with Gasteiger partial charge in [0.2, 0.25) is 0 Å². The molecule has 1 aromatic heterocycles. The van der Waals surface area contributed by atoms with Gasteiger partial charge in [0.1, 0.15) is 0 Å². The van der Waals surface area contributed by atoms with Gasteiger partial charge in [-0.15, -0.1) is 0 Å². The van der Waals surface area contributed by atoms with E-state index in [4.69, 9.17) is 11.6 Å². The van der Waals surface area contributed by atoms with Gasteiger partial charge in [-0.2, -0.15) is 0 Å². The molecule has 0 aliphatic carbocycles. The Labute approximate surface area is 106 Å². The third-order valence-corrected chi connectivity index (χ3v) is 3.28. The van der Waals surface area contributed by atoms with E-state index in [1.807, 2.05) is 11.8 Å². The molecule has 1 fully saturated rings. The topological polar surface area (TPSA) is 28.2 Å². The van der Waals surface area contributed by atoms with Crippen molar-refractivity contribution in [3.05, 3.63) is 23.1 Å². The van der Waals surface area contributed by atoms with E-state index in [1.54, 1.807) is 0 Å². The molecular formula is C12H17ClFN3. The van der Waals surface area contributed by atoms with Crippen molar-refractivity contribution >= 4 is 17.4 Å². The summed E-state index contributed by atoms with van der Waals surface area (Å²) in [6.45, 7) is 4.59. The molecule has 1 aliphatic rings. The summed E-state index contributed by atoms with van der Waals surface area (Å²) in [5.41, 5.74) is 0. The molecule has 5 heteroatoms. The van der Waals surface area contributed by atoms with Crippen LogP contribution in [0, 0.1) is 5.82 Å². The van der Waals surface area contributed by atoms with Crippen molar-refractivity contribution in [3.63, 3.8) is 0 Å². The highest BCUT2D eigenvalue weighted by atomic mass is 35.5. The first-order valence-corrected chi connectivity index (χ1v) is 6.38. The maximum Gasteiger partial charge on any atom is 0.167 e. The van der Waals surface area contributed by atoms with Crippen molar-refractivity contribution in [2.75, 3.05) is 24.5 Å². The number of pyridine rings is 1. The molecule has 1 N–H and O–H groups in total. The van der Waals surface area contributed by atoms with Gasteiger partial charge in [0.05, 0.1) is 5.02 Å². The number of hydrogen-bond acceptors (Lipinski definition) is 3. The first-order valence-electron chi connectivity index (χ1n) is 6.00. The summed E-state index contributed by atoms with van der Waals surface area (Å²) in [6.07, 6.45) is 3.83. The zero-order valence-corrected chi connectivity index (χ0v) is 10.7. The van der Waals surface area contributed by atoms with E-state index >= 15 is 0 Å². The second-order valence-corrected chi connectivity index (χ2v) is 4.73. The van der Waals surface area contributed by atoms with Crippen molar-refractivity contribution in [1.29, 1.82) is 0 Å². The summed E-state index contributed by atoms with van der Waals surface area (Å²) in [7, 11) is 0. The summed E-state index contributed by atoms with van der Waals surface area (Å²) in [6, 6.07) is 1.75. The number of nitrogens with zero attached hydrogens (tertiary/aromatic N) is 2. The fourth-order valence-corrected chi connectivity index (χ4v) is 2.33. The largest absolute Gasteiger partial charge is 0.353 e. The van der Waals surface area contributed by atoms with Crippen LogP contribution in [0.3, 0.4) is 0 Å². The van der Waals surface area contributed by atoms with Crippen molar-refractivity contribution in [2.45, 2.75) is 25.8 Å². The van der Waals surface area contributed by atoms with E-state index in [9.17, 15) is 4.39 Å². The Bertz CT molecular complexity index is 380. The van der Waals surface area contributed by atoms with Gasteiger partial charge in [0, 0.05) is 25.3 Å². The zero-order valence-electron chi connectivity index (χ0n) is 9.92. The van der Waals surface area contributed by atoms with Crippen molar-refractivity contribution in [3.8, 4) is 0 Å². The molecule has 1 aliphatic heterocycles. The molecule has 0 spiro atoms. The lowest BCUT2D eigenvalue weighted by atomic mass is 10.2. The van der Waals surface area contributed by atoms with E-state index in [1.165, 1.54) is 18.7 Å². The Balaban J connectivity index is 2.10. The Morgan fingerprint density at radius 1 is 1.65 bits per heavy atom. The average Bonchev–Trinajstić information content (AvgIpc) is 2.79. The van der Waals surface area contributed by atoms with Crippen LogP contribution in [0.4, 0.5) is 10.2 Å². The second kappa shape index (κ2) is 5.65. The van der Waals surface area contributed by atoms with Crippen LogP contribution in [-0.4, -0.2) is 30.7 Å². The molecule has 2 rings (SSSR count). The number of aromatic nitrogens is 1. The van der Waals surface area contributed by atoms with E-state index in [0.717, 1.165) is 26.1 Å². The summed E-state index contributed by atoms with van der Waals surface area (Å²) in [5, 5.41) is 3.74. The number of nitrogens with one attached hydrogen (secondary N) is 1. The fourth-order valence-electron chi connectivity index (χ4n) is 2.18. The predicted octanol–water partition coefficient (Wildman–Crippen LogP) is 2.45. The Hall–Kier alpha value is -0.870. The Morgan fingerprint density at radius 3 is 3.06 bits per heavy atom. The Morgan fingerprint density at radius 2 is 2.47 bits per heavy atom. The molecule has 0 amide bonds. The number of hydrogen-bond donors (Lipinski definition) is 1. The van der Waals surface area contributed by atoms with Crippen LogP contribution in [0.1, 0.15) is 19.8 Å². The minimum absolute atomic E-state index is 0.335. The molecule has 0 radical (unpaired) electrons. The van der Waals surface area contributed by atoms with Gasteiger partial charge in [0.25, 0.3) is 0 Å². The van der Waals surface area contributed by atoms with Crippen LogP contribution >= 0.6 is 11.6 Å². The van der Waals surface area contributed by atoms with E-state index in [0.29, 0.717) is 16.9 Å². The van der Waals surface area contributed by atoms with Gasteiger partial charge in [-0.3, -0.25) is 0 Å². The quantitative estimate of drug-likeness (QED) is 0.898. The van der Waals surface area contributed by atoms with Crippen molar-refractivity contribution in [2.24, 2.45) is 0 Å². The molecule has 1 saturated heterocycles. The number of anilines is 1. The van der Waals surface area contributed by atoms with E-state index in [2.05, 4.69) is 10.3 Å². The molecule has 1 aromatic rings. The summed E-state index contributed by atoms with van der Waals surface area (Å²) >= 11 is 5.70. The highest BCUT2D eigenvalue weighted by Crippen LogP contribution is 2.20.